The fourth-order valence-electron chi connectivity index (χ4n) is 2.39. The molecular formula is C17H12FNO2. The van der Waals surface area contributed by atoms with Crippen LogP contribution in [0.5, 0.6) is 0 Å². The first-order chi connectivity index (χ1) is 10.1. The van der Waals surface area contributed by atoms with Gasteiger partial charge < -0.3 is 0 Å². The number of rotatable bonds is 2. The minimum atomic E-state index is -0.385. The molecule has 0 saturated carbocycles. The molecule has 0 aliphatic heterocycles. The molecule has 0 spiro atoms. The van der Waals surface area contributed by atoms with Crippen LogP contribution in [0.3, 0.4) is 0 Å². The summed E-state index contributed by atoms with van der Waals surface area (Å²) < 4.78 is 13.2. The van der Waals surface area contributed by atoms with E-state index in [2.05, 4.69) is 4.98 Å². The maximum Gasteiger partial charge on any atom is 0.190 e. The van der Waals surface area contributed by atoms with Gasteiger partial charge in [-0.3, -0.25) is 14.6 Å². The summed E-state index contributed by atoms with van der Waals surface area (Å²) in [5.41, 5.74) is 2.27. The van der Waals surface area contributed by atoms with E-state index in [0.717, 1.165) is 6.20 Å². The lowest BCUT2D eigenvalue weighted by Crippen LogP contribution is -2.18. The minimum absolute atomic E-state index is 0.172. The van der Waals surface area contributed by atoms with E-state index < -0.39 is 0 Å². The van der Waals surface area contributed by atoms with Gasteiger partial charge in [0.15, 0.2) is 11.6 Å². The number of hydrogen-bond donors (Lipinski definition) is 0. The third-order valence-electron chi connectivity index (χ3n) is 3.51. The second kappa shape index (κ2) is 5.05. The van der Waals surface area contributed by atoms with Crippen LogP contribution >= 0.6 is 0 Å². The summed E-state index contributed by atoms with van der Waals surface area (Å²) in [5.74, 6) is -0.739. The number of pyridine rings is 1. The van der Waals surface area contributed by atoms with Crippen molar-refractivity contribution < 1.29 is 14.0 Å². The highest BCUT2D eigenvalue weighted by Crippen LogP contribution is 2.23. The Hall–Kier alpha value is -2.62. The third kappa shape index (κ3) is 2.40. The summed E-state index contributed by atoms with van der Waals surface area (Å²) >= 11 is 0. The van der Waals surface area contributed by atoms with E-state index in [1.54, 1.807) is 37.3 Å². The Bertz CT molecular complexity index is 793. The molecule has 3 rings (SSSR count). The summed E-state index contributed by atoms with van der Waals surface area (Å²) in [4.78, 5) is 28.4. The molecule has 0 N–H and O–H groups in total. The number of carbonyl (C=O) groups excluding carboxylic acids is 2. The maximum absolute atomic E-state index is 13.2. The molecule has 1 aliphatic carbocycles. The van der Waals surface area contributed by atoms with E-state index in [9.17, 15) is 14.0 Å². The smallest absolute Gasteiger partial charge is 0.190 e. The number of aromatic nitrogens is 1. The second-order valence-electron chi connectivity index (χ2n) is 5.01. The molecule has 0 fully saturated rings. The van der Waals surface area contributed by atoms with Gasteiger partial charge in [-0.1, -0.05) is 24.3 Å². The number of fused-ring (bicyclic) bond motifs is 1. The number of Topliss-reactive ketones (excluding diaryl/α,β-unsaturated/α-hetero) is 1. The Kier molecular flexibility index (Phi) is 3.22. The highest BCUT2D eigenvalue weighted by atomic mass is 19.1. The Balaban J connectivity index is 1.95. The molecule has 2 aromatic rings. The average Bonchev–Trinajstić information content (AvgIpc) is 2.48. The van der Waals surface area contributed by atoms with Gasteiger partial charge in [-0.05, 0) is 24.6 Å². The molecule has 1 aromatic carbocycles. The predicted molar refractivity (Wildman–Crippen MR) is 75.8 cm³/mol. The molecule has 0 unspecified atom stereocenters. The van der Waals surface area contributed by atoms with Crippen molar-refractivity contribution in [2.75, 3.05) is 0 Å². The van der Waals surface area contributed by atoms with Crippen LogP contribution in [0.2, 0.25) is 0 Å². The van der Waals surface area contributed by atoms with Crippen molar-refractivity contribution in [3.63, 3.8) is 0 Å². The van der Waals surface area contributed by atoms with Gasteiger partial charge in [0.25, 0.3) is 0 Å². The Morgan fingerprint density at radius 1 is 1.14 bits per heavy atom. The zero-order valence-corrected chi connectivity index (χ0v) is 11.4. The van der Waals surface area contributed by atoms with E-state index >= 15 is 0 Å². The number of nitrogens with zero attached hydrogens (tertiary/aromatic N) is 1. The number of carbonyl (C=O) groups is 2. The van der Waals surface area contributed by atoms with Crippen LogP contribution in [0.4, 0.5) is 4.39 Å². The number of allylic oxidation sites excluding steroid dienone is 2. The highest BCUT2D eigenvalue weighted by Gasteiger charge is 2.25. The number of hydrogen-bond acceptors (Lipinski definition) is 3. The minimum Gasteiger partial charge on any atom is -0.289 e. The summed E-state index contributed by atoms with van der Waals surface area (Å²) in [6, 6.07) is 8.34. The van der Waals surface area contributed by atoms with Gasteiger partial charge in [0.1, 0.15) is 5.82 Å². The van der Waals surface area contributed by atoms with Gasteiger partial charge >= 0.3 is 0 Å². The molecule has 4 heteroatoms. The van der Waals surface area contributed by atoms with E-state index in [-0.39, 0.29) is 23.8 Å². The monoisotopic (exact) mass is 281 g/mol. The zero-order valence-electron chi connectivity index (χ0n) is 11.4. The van der Waals surface area contributed by atoms with Crippen LogP contribution in [0.15, 0.2) is 48.2 Å². The van der Waals surface area contributed by atoms with Gasteiger partial charge in [0, 0.05) is 28.8 Å². The zero-order chi connectivity index (χ0) is 15.0. The first-order valence-corrected chi connectivity index (χ1v) is 6.56. The maximum atomic E-state index is 13.2. The average molecular weight is 281 g/mol. The normalized spacial score (nSPS) is 13.9. The lowest BCUT2D eigenvalue weighted by molar-refractivity contribution is 0.0982. The third-order valence-corrected chi connectivity index (χ3v) is 3.51. The number of halogens is 1. The fraction of sp³-hybridized carbons (Fsp3) is 0.118. The predicted octanol–water partition coefficient (Wildman–Crippen LogP) is 3.08. The van der Waals surface area contributed by atoms with Gasteiger partial charge in [0.2, 0.25) is 0 Å². The fourth-order valence-corrected chi connectivity index (χ4v) is 2.39. The van der Waals surface area contributed by atoms with Crippen LogP contribution in [-0.4, -0.2) is 16.6 Å². The van der Waals surface area contributed by atoms with E-state index in [1.807, 2.05) is 0 Å². The molecule has 0 amide bonds. The van der Waals surface area contributed by atoms with Crippen LogP contribution in [0, 0.1) is 12.7 Å². The molecule has 0 saturated heterocycles. The summed E-state index contributed by atoms with van der Waals surface area (Å²) in [5, 5.41) is 0. The van der Waals surface area contributed by atoms with Crippen molar-refractivity contribution in [1.82, 2.24) is 4.98 Å². The number of ketones is 2. The van der Waals surface area contributed by atoms with Gasteiger partial charge in [-0.15, -0.1) is 0 Å². The largest absolute Gasteiger partial charge is 0.289 e. The van der Waals surface area contributed by atoms with Crippen molar-refractivity contribution in [3.8, 4) is 0 Å². The second-order valence-corrected chi connectivity index (χ2v) is 5.01. The Morgan fingerprint density at radius 3 is 2.57 bits per heavy atom. The highest BCUT2D eigenvalue weighted by molar-refractivity contribution is 6.24. The molecule has 21 heavy (non-hydrogen) atoms. The van der Waals surface area contributed by atoms with E-state index in [1.165, 1.54) is 6.08 Å². The molecule has 3 nitrogen and oxygen atoms in total. The Labute approximate surface area is 121 Å². The molecule has 1 aliphatic rings. The molecular weight excluding hydrogens is 269 g/mol. The van der Waals surface area contributed by atoms with Crippen molar-refractivity contribution in [3.05, 3.63) is 76.4 Å². The van der Waals surface area contributed by atoms with Crippen LogP contribution < -0.4 is 0 Å². The molecule has 1 heterocycles. The van der Waals surface area contributed by atoms with Gasteiger partial charge in [-0.25, -0.2) is 4.39 Å². The van der Waals surface area contributed by atoms with E-state index in [4.69, 9.17) is 0 Å². The van der Waals surface area contributed by atoms with Crippen LogP contribution in [0.1, 0.15) is 32.0 Å². The summed E-state index contributed by atoms with van der Waals surface area (Å²) in [6.45, 7) is 1.64. The first-order valence-electron chi connectivity index (χ1n) is 6.56. The summed E-state index contributed by atoms with van der Waals surface area (Å²) in [7, 11) is 0. The topological polar surface area (TPSA) is 47.0 Å². The lowest BCUT2D eigenvalue weighted by atomic mass is 9.87. The molecule has 104 valence electrons. The van der Waals surface area contributed by atoms with Gasteiger partial charge in [0.05, 0.1) is 6.20 Å². The van der Waals surface area contributed by atoms with Crippen molar-refractivity contribution in [2.45, 2.75) is 13.3 Å². The SMILES string of the molecule is Cc1cc(CC2=CC(=O)c3ccccc3C2=O)ncc1F. The number of aryl methyl sites for hydroxylation is 1. The molecule has 0 atom stereocenters. The Morgan fingerprint density at radius 2 is 1.86 bits per heavy atom. The first kappa shape index (κ1) is 13.4. The quantitative estimate of drug-likeness (QED) is 0.850. The standard InChI is InChI=1S/C17H12FNO2/c1-10-6-12(19-9-15(10)18)7-11-8-16(20)13-4-2-3-5-14(13)17(11)21/h2-6,8-9H,7H2,1H3. The lowest BCUT2D eigenvalue weighted by Gasteiger charge is -2.14. The molecule has 1 aromatic heterocycles. The number of benzene rings is 1. The van der Waals surface area contributed by atoms with Crippen molar-refractivity contribution >= 4 is 11.6 Å². The molecule has 0 bridgehead atoms. The van der Waals surface area contributed by atoms with Gasteiger partial charge in [-0.2, -0.15) is 0 Å². The molecule has 0 radical (unpaired) electrons. The van der Waals surface area contributed by atoms with Crippen molar-refractivity contribution in [1.29, 1.82) is 0 Å². The van der Waals surface area contributed by atoms with Crippen LogP contribution in [-0.2, 0) is 6.42 Å². The van der Waals surface area contributed by atoms with E-state index in [0.29, 0.717) is 28.0 Å². The van der Waals surface area contributed by atoms with Crippen molar-refractivity contribution in [2.24, 2.45) is 0 Å². The van der Waals surface area contributed by atoms with Crippen LogP contribution in [0.25, 0.3) is 0 Å². The summed E-state index contributed by atoms with van der Waals surface area (Å²) in [6.07, 6.45) is 2.71.